The molecule has 0 fully saturated rings. The van der Waals surface area contributed by atoms with Crippen molar-refractivity contribution in [2.75, 3.05) is 5.32 Å². The molecule has 1 aromatic rings. The number of carbonyl (C=O) groups excluding carboxylic acids is 1. The summed E-state index contributed by atoms with van der Waals surface area (Å²) >= 11 is 6.13. The van der Waals surface area contributed by atoms with E-state index in [0.29, 0.717) is 9.09 Å². The van der Waals surface area contributed by atoms with Crippen molar-refractivity contribution in [1.82, 2.24) is 10.2 Å². The smallest absolute Gasteiger partial charge is 0.230 e. The van der Waals surface area contributed by atoms with E-state index >= 15 is 0 Å². The topological polar surface area (TPSA) is 57.8 Å². The normalized spacial score (nSPS) is 10.4. The number of aromatic nitrogens is 2. The van der Waals surface area contributed by atoms with E-state index in [0.717, 1.165) is 12.8 Å². The SMILES string of the molecule is CCCCCCC[CH]C(=O)Nc1n[nH]c(=S)s1. The largest absolute Gasteiger partial charge is 0.300 e. The molecule has 1 rings (SSSR count). The first-order valence-corrected chi connectivity index (χ1v) is 7.14. The van der Waals surface area contributed by atoms with Crippen LogP contribution < -0.4 is 5.32 Å². The minimum absolute atomic E-state index is 0.0989. The molecule has 2 N–H and O–H groups in total. The van der Waals surface area contributed by atoms with Crippen molar-refractivity contribution in [2.45, 2.75) is 45.4 Å². The zero-order chi connectivity index (χ0) is 12.5. The molecule has 1 radical (unpaired) electrons. The highest BCUT2D eigenvalue weighted by molar-refractivity contribution is 7.73. The first-order chi connectivity index (χ1) is 8.22. The van der Waals surface area contributed by atoms with E-state index in [1.165, 1.54) is 37.0 Å². The molecule has 1 heterocycles. The van der Waals surface area contributed by atoms with Crippen molar-refractivity contribution in [3.8, 4) is 0 Å². The molecule has 0 aliphatic carbocycles. The van der Waals surface area contributed by atoms with Gasteiger partial charge in [-0.25, -0.2) is 0 Å². The van der Waals surface area contributed by atoms with Gasteiger partial charge in [0.05, 0.1) is 0 Å². The van der Waals surface area contributed by atoms with Crippen LogP contribution in [0.3, 0.4) is 0 Å². The van der Waals surface area contributed by atoms with Crippen molar-refractivity contribution >= 4 is 34.6 Å². The van der Waals surface area contributed by atoms with Crippen LogP contribution in [-0.4, -0.2) is 16.1 Å². The third kappa shape index (κ3) is 6.53. The average molecular weight is 272 g/mol. The number of amides is 1. The molecule has 0 aliphatic heterocycles. The number of hydrogen-bond donors (Lipinski definition) is 2. The van der Waals surface area contributed by atoms with Crippen LogP contribution in [0.4, 0.5) is 5.13 Å². The predicted octanol–water partition coefficient (Wildman–Crippen LogP) is 3.70. The molecule has 1 amide bonds. The number of hydrogen-bond acceptors (Lipinski definition) is 4. The van der Waals surface area contributed by atoms with Gasteiger partial charge in [-0.15, -0.1) is 5.10 Å². The van der Waals surface area contributed by atoms with E-state index in [-0.39, 0.29) is 5.91 Å². The van der Waals surface area contributed by atoms with E-state index in [1.54, 1.807) is 6.42 Å². The Labute approximate surface area is 111 Å². The standard InChI is InChI=1S/C11H18N3OS2/c1-2-3-4-5-6-7-8-9(15)12-10-13-14-11(16)17-10/h8H,2-7H2,1H3,(H,14,16)(H,12,13,15). The van der Waals surface area contributed by atoms with Gasteiger partial charge in [-0.1, -0.05) is 50.4 Å². The third-order valence-electron chi connectivity index (χ3n) is 2.31. The van der Waals surface area contributed by atoms with Crippen LogP contribution in [0.2, 0.25) is 0 Å². The number of nitrogens with one attached hydrogen (secondary N) is 2. The molecule has 0 unspecified atom stereocenters. The maximum Gasteiger partial charge on any atom is 0.230 e. The fourth-order valence-corrected chi connectivity index (χ4v) is 2.21. The molecule has 4 nitrogen and oxygen atoms in total. The highest BCUT2D eigenvalue weighted by atomic mass is 32.1. The Kier molecular flexibility index (Phi) is 7.04. The lowest BCUT2D eigenvalue weighted by atomic mass is 10.1. The van der Waals surface area contributed by atoms with Crippen molar-refractivity contribution < 1.29 is 4.79 Å². The first kappa shape index (κ1) is 14.3. The molecular weight excluding hydrogens is 254 g/mol. The summed E-state index contributed by atoms with van der Waals surface area (Å²) in [5, 5.41) is 9.69. The van der Waals surface area contributed by atoms with Gasteiger partial charge in [0, 0.05) is 6.42 Å². The maximum atomic E-state index is 11.5. The summed E-state index contributed by atoms with van der Waals surface area (Å²) < 4.78 is 0.569. The van der Waals surface area contributed by atoms with Crippen LogP contribution in [0.15, 0.2) is 0 Å². The summed E-state index contributed by atoms with van der Waals surface area (Å²) in [6, 6.07) is 0. The zero-order valence-electron chi connectivity index (χ0n) is 9.99. The van der Waals surface area contributed by atoms with Gasteiger partial charge in [-0.3, -0.25) is 9.89 Å². The molecule has 0 spiro atoms. The first-order valence-electron chi connectivity index (χ1n) is 5.92. The highest BCUT2D eigenvalue weighted by Crippen LogP contribution is 2.12. The van der Waals surface area contributed by atoms with Crippen LogP contribution in [-0.2, 0) is 4.79 Å². The van der Waals surface area contributed by atoms with Crippen LogP contribution >= 0.6 is 23.6 Å². The van der Waals surface area contributed by atoms with Crippen molar-refractivity contribution in [1.29, 1.82) is 0 Å². The van der Waals surface area contributed by atoms with E-state index in [4.69, 9.17) is 12.2 Å². The zero-order valence-corrected chi connectivity index (χ0v) is 11.6. The summed E-state index contributed by atoms with van der Waals surface area (Å²) in [6.07, 6.45) is 8.55. The van der Waals surface area contributed by atoms with Crippen LogP contribution in [0.25, 0.3) is 0 Å². The van der Waals surface area contributed by atoms with E-state index in [9.17, 15) is 4.79 Å². The van der Waals surface area contributed by atoms with Crippen molar-refractivity contribution in [2.24, 2.45) is 0 Å². The number of carbonyl (C=O) groups is 1. The Morgan fingerprint density at radius 3 is 2.88 bits per heavy atom. The summed E-state index contributed by atoms with van der Waals surface area (Å²) in [4.78, 5) is 11.5. The second-order valence-electron chi connectivity index (χ2n) is 3.81. The second-order valence-corrected chi connectivity index (χ2v) is 5.48. The predicted molar refractivity (Wildman–Crippen MR) is 73.6 cm³/mol. The molecule has 0 aliphatic rings. The van der Waals surface area contributed by atoms with E-state index < -0.39 is 0 Å². The van der Waals surface area contributed by atoms with Crippen LogP contribution in [0.5, 0.6) is 0 Å². The number of anilines is 1. The van der Waals surface area contributed by atoms with Crippen molar-refractivity contribution in [3.63, 3.8) is 0 Å². The second kappa shape index (κ2) is 8.36. The molecule has 0 saturated heterocycles. The van der Waals surface area contributed by atoms with Gasteiger partial charge in [0.2, 0.25) is 11.0 Å². The minimum atomic E-state index is -0.0989. The Morgan fingerprint density at radius 2 is 2.24 bits per heavy atom. The Bertz CT molecular complexity index is 386. The van der Waals surface area contributed by atoms with Gasteiger partial charge in [0.25, 0.3) is 0 Å². The van der Waals surface area contributed by atoms with E-state index in [2.05, 4.69) is 22.4 Å². The molecule has 6 heteroatoms. The monoisotopic (exact) mass is 272 g/mol. The summed E-state index contributed by atoms with van der Waals surface area (Å²) in [7, 11) is 0. The molecule has 95 valence electrons. The lowest BCUT2D eigenvalue weighted by Gasteiger charge is -2.01. The van der Waals surface area contributed by atoms with Gasteiger partial charge in [-0.05, 0) is 18.6 Å². The molecule has 0 bridgehead atoms. The van der Waals surface area contributed by atoms with Gasteiger partial charge in [0.15, 0.2) is 3.95 Å². The molecular formula is C11H18N3OS2. The Balaban J connectivity index is 2.07. The summed E-state index contributed by atoms with van der Waals surface area (Å²) in [5.74, 6) is -0.0989. The maximum absolute atomic E-state index is 11.5. The van der Waals surface area contributed by atoms with Gasteiger partial charge in [-0.2, -0.15) is 0 Å². The molecule has 0 aromatic carbocycles. The van der Waals surface area contributed by atoms with E-state index in [1.807, 2.05) is 0 Å². The highest BCUT2D eigenvalue weighted by Gasteiger charge is 2.04. The summed E-state index contributed by atoms with van der Waals surface area (Å²) in [6.45, 7) is 2.19. The van der Waals surface area contributed by atoms with Gasteiger partial charge >= 0.3 is 0 Å². The molecule has 17 heavy (non-hydrogen) atoms. The quantitative estimate of drug-likeness (QED) is 0.560. The third-order valence-corrected chi connectivity index (χ3v) is 3.31. The number of unbranched alkanes of at least 4 members (excludes halogenated alkanes) is 5. The fraction of sp³-hybridized carbons (Fsp3) is 0.636. The van der Waals surface area contributed by atoms with Crippen LogP contribution in [0, 0.1) is 10.4 Å². The van der Waals surface area contributed by atoms with Gasteiger partial charge < -0.3 is 5.32 Å². The Hall–Kier alpha value is -0.750. The Morgan fingerprint density at radius 1 is 1.47 bits per heavy atom. The molecule has 0 atom stereocenters. The average Bonchev–Trinajstić information content (AvgIpc) is 2.69. The number of nitrogens with zero attached hydrogens (tertiary/aromatic N) is 1. The summed E-state index contributed by atoms with van der Waals surface area (Å²) in [5.41, 5.74) is 0. The number of H-pyrrole nitrogens is 1. The number of aromatic amines is 1. The lowest BCUT2D eigenvalue weighted by molar-refractivity contribution is -0.113. The van der Waals surface area contributed by atoms with Crippen molar-refractivity contribution in [3.05, 3.63) is 10.4 Å². The van der Waals surface area contributed by atoms with Gasteiger partial charge in [0.1, 0.15) is 0 Å². The number of rotatable bonds is 8. The minimum Gasteiger partial charge on any atom is -0.300 e. The molecule has 0 saturated carbocycles. The van der Waals surface area contributed by atoms with Crippen LogP contribution in [0.1, 0.15) is 45.4 Å². The molecule has 1 aromatic heterocycles. The lowest BCUT2D eigenvalue weighted by Crippen LogP contribution is -2.11. The fourth-order valence-electron chi connectivity index (χ4n) is 1.42.